The van der Waals surface area contributed by atoms with E-state index in [1.165, 1.54) is 28.6 Å². The van der Waals surface area contributed by atoms with Crippen LogP contribution in [0.2, 0.25) is 0 Å². The van der Waals surface area contributed by atoms with Crippen LogP contribution in [0.4, 0.5) is 5.69 Å². The number of imide groups is 1. The molecule has 7 nitrogen and oxygen atoms in total. The smallest absolute Gasteiger partial charge is 0.245 e. The van der Waals surface area contributed by atoms with Crippen molar-refractivity contribution in [3.63, 3.8) is 0 Å². The molecular weight excluding hydrogens is 308 g/mol. The van der Waals surface area contributed by atoms with Crippen molar-refractivity contribution in [1.29, 1.82) is 0 Å². The van der Waals surface area contributed by atoms with Crippen molar-refractivity contribution in [2.75, 3.05) is 24.8 Å². The van der Waals surface area contributed by atoms with E-state index < -0.39 is 10.0 Å². The van der Waals surface area contributed by atoms with E-state index >= 15 is 0 Å². The fraction of sp³-hybridized carbons (Fsp3) is 0.429. The van der Waals surface area contributed by atoms with Gasteiger partial charge >= 0.3 is 0 Å². The first-order chi connectivity index (χ1) is 10.5. The molecule has 0 spiro atoms. The number of hydrogen-bond donors (Lipinski definition) is 0. The molecule has 0 saturated carbocycles. The van der Waals surface area contributed by atoms with Gasteiger partial charge in [-0.05, 0) is 30.7 Å². The lowest BCUT2D eigenvalue weighted by molar-refractivity contribution is -0.121. The van der Waals surface area contributed by atoms with Gasteiger partial charge in [-0.15, -0.1) is 0 Å². The summed E-state index contributed by atoms with van der Waals surface area (Å²) in [5, 5.41) is 0. The lowest BCUT2D eigenvalue weighted by Crippen LogP contribution is -2.38. The predicted molar refractivity (Wildman–Crippen MR) is 77.5 cm³/mol. The summed E-state index contributed by atoms with van der Waals surface area (Å²) < 4.78 is 31.3. The van der Waals surface area contributed by atoms with Gasteiger partial charge in [0.05, 0.1) is 10.6 Å². The number of rotatable bonds is 3. The van der Waals surface area contributed by atoms with Crippen LogP contribution in [0.3, 0.4) is 0 Å². The zero-order chi connectivity index (χ0) is 15.7. The maximum Gasteiger partial charge on any atom is 0.245 e. The molecule has 8 heteroatoms. The number of carbonyl (C=O) groups excluding carboxylic acids is 2. The van der Waals surface area contributed by atoms with Crippen LogP contribution in [0.25, 0.3) is 0 Å². The van der Waals surface area contributed by atoms with Gasteiger partial charge in [-0.25, -0.2) is 8.42 Å². The SMILES string of the molecule is O=C1CCC(=O)N1c1ccc(S(=O)(=O)N2CCCOC2)cc1. The molecule has 2 aliphatic rings. The zero-order valence-corrected chi connectivity index (χ0v) is 12.7. The highest BCUT2D eigenvalue weighted by atomic mass is 32.2. The Morgan fingerprint density at radius 1 is 1.00 bits per heavy atom. The molecule has 0 aromatic heterocycles. The van der Waals surface area contributed by atoms with Crippen LogP contribution >= 0.6 is 0 Å². The highest BCUT2D eigenvalue weighted by Gasteiger charge is 2.31. The minimum absolute atomic E-state index is 0.0488. The van der Waals surface area contributed by atoms with Gasteiger partial charge in [-0.3, -0.25) is 14.5 Å². The molecule has 0 atom stereocenters. The van der Waals surface area contributed by atoms with Gasteiger partial charge in [0.2, 0.25) is 21.8 Å². The number of sulfonamides is 1. The molecule has 0 bridgehead atoms. The Morgan fingerprint density at radius 3 is 2.18 bits per heavy atom. The largest absolute Gasteiger partial charge is 0.365 e. The van der Waals surface area contributed by atoms with Crippen LogP contribution in [-0.4, -0.2) is 44.4 Å². The van der Waals surface area contributed by atoms with Crippen molar-refractivity contribution in [2.24, 2.45) is 0 Å². The zero-order valence-electron chi connectivity index (χ0n) is 11.9. The fourth-order valence-electron chi connectivity index (χ4n) is 2.54. The van der Waals surface area contributed by atoms with Crippen molar-refractivity contribution in [3.05, 3.63) is 24.3 Å². The molecule has 2 fully saturated rings. The second-order valence-electron chi connectivity index (χ2n) is 5.19. The molecule has 2 heterocycles. The molecule has 2 saturated heterocycles. The van der Waals surface area contributed by atoms with Gasteiger partial charge < -0.3 is 4.74 Å². The molecule has 0 aliphatic carbocycles. The van der Waals surface area contributed by atoms with Crippen LogP contribution < -0.4 is 4.90 Å². The van der Waals surface area contributed by atoms with Crippen LogP contribution in [0.1, 0.15) is 19.3 Å². The highest BCUT2D eigenvalue weighted by molar-refractivity contribution is 7.89. The number of nitrogens with zero attached hydrogens (tertiary/aromatic N) is 2. The van der Waals surface area contributed by atoms with Gasteiger partial charge in [0, 0.05) is 26.0 Å². The summed E-state index contributed by atoms with van der Waals surface area (Å²) in [6.07, 6.45) is 1.06. The summed E-state index contributed by atoms with van der Waals surface area (Å²) in [6, 6.07) is 5.80. The first kappa shape index (κ1) is 15.1. The molecule has 0 unspecified atom stereocenters. The molecule has 1 aromatic carbocycles. The number of benzene rings is 1. The number of amides is 2. The van der Waals surface area contributed by atoms with E-state index in [2.05, 4.69) is 0 Å². The third-order valence-electron chi connectivity index (χ3n) is 3.72. The van der Waals surface area contributed by atoms with E-state index in [1.807, 2.05) is 0 Å². The second kappa shape index (κ2) is 5.79. The highest BCUT2D eigenvalue weighted by Crippen LogP contribution is 2.25. The third-order valence-corrected chi connectivity index (χ3v) is 5.55. The van der Waals surface area contributed by atoms with E-state index in [1.54, 1.807) is 0 Å². The quantitative estimate of drug-likeness (QED) is 0.765. The van der Waals surface area contributed by atoms with Crippen molar-refractivity contribution in [1.82, 2.24) is 4.31 Å². The molecule has 1 aromatic rings. The Morgan fingerprint density at radius 2 is 1.64 bits per heavy atom. The Balaban J connectivity index is 1.85. The van der Waals surface area contributed by atoms with Crippen LogP contribution in [0.5, 0.6) is 0 Å². The minimum Gasteiger partial charge on any atom is -0.365 e. The number of ether oxygens (including phenoxy) is 1. The van der Waals surface area contributed by atoms with Gasteiger partial charge in [0.1, 0.15) is 6.73 Å². The monoisotopic (exact) mass is 324 g/mol. The van der Waals surface area contributed by atoms with Crippen LogP contribution in [-0.2, 0) is 24.3 Å². The summed E-state index contributed by atoms with van der Waals surface area (Å²) in [6.45, 7) is 1.03. The average Bonchev–Trinajstić information content (AvgIpc) is 2.87. The van der Waals surface area contributed by atoms with Crippen molar-refractivity contribution >= 4 is 27.5 Å². The fourth-order valence-corrected chi connectivity index (χ4v) is 3.91. The Kier molecular flexibility index (Phi) is 3.98. The molecule has 3 rings (SSSR count). The van der Waals surface area contributed by atoms with E-state index in [4.69, 9.17) is 4.74 Å². The van der Waals surface area contributed by atoms with Gasteiger partial charge in [-0.1, -0.05) is 0 Å². The van der Waals surface area contributed by atoms with Crippen LogP contribution in [0, 0.1) is 0 Å². The standard InChI is InChI=1S/C14H16N2O5S/c17-13-6-7-14(18)16(13)11-2-4-12(5-3-11)22(19,20)15-8-1-9-21-10-15/h2-5H,1,6-10H2. The second-order valence-corrected chi connectivity index (χ2v) is 7.13. The Labute approximate surface area is 128 Å². The summed E-state index contributed by atoms with van der Waals surface area (Å²) in [7, 11) is -3.61. The van der Waals surface area contributed by atoms with Crippen LogP contribution in [0.15, 0.2) is 29.2 Å². The summed E-state index contributed by atoms with van der Waals surface area (Å²) in [5.74, 6) is -0.518. The molecule has 2 aliphatic heterocycles. The summed E-state index contributed by atoms with van der Waals surface area (Å²) in [4.78, 5) is 24.6. The van der Waals surface area contributed by atoms with Crippen molar-refractivity contribution in [3.8, 4) is 0 Å². The predicted octanol–water partition coefficient (Wildman–Crippen LogP) is 0.708. The first-order valence-corrected chi connectivity index (χ1v) is 8.48. The Hall–Kier alpha value is -1.77. The maximum absolute atomic E-state index is 12.4. The topological polar surface area (TPSA) is 84.0 Å². The molecule has 0 N–H and O–H groups in total. The average molecular weight is 324 g/mol. The van der Waals surface area contributed by atoms with Crippen molar-refractivity contribution in [2.45, 2.75) is 24.2 Å². The lowest BCUT2D eigenvalue weighted by Gasteiger charge is -2.26. The first-order valence-electron chi connectivity index (χ1n) is 7.04. The number of hydrogen-bond acceptors (Lipinski definition) is 5. The molecule has 118 valence electrons. The maximum atomic E-state index is 12.4. The lowest BCUT2D eigenvalue weighted by atomic mass is 10.3. The molecular formula is C14H16N2O5S. The van der Waals surface area contributed by atoms with E-state index in [-0.39, 0.29) is 36.3 Å². The molecule has 0 radical (unpaired) electrons. The third kappa shape index (κ3) is 2.65. The summed E-state index contributed by atoms with van der Waals surface area (Å²) >= 11 is 0. The minimum atomic E-state index is -3.61. The van der Waals surface area contributed by atoms with Gasteiger partial charge in [0.25, 0.3) is 0 Å². The normalized spacial score (nSPS) is 20.6. The van der Waals surface area contributed by atoms with Gasteiger partial charge in [-0.2, -0.15) is 4.31 Å². The Bertz CT molecular complexity index is 676. The number of anilines is 1. The van der Waals surface area contributed by atoms with Gasteiger partial charge in [0.15, 0.2) is 0 Å². The molecule has 2 amide bonds. The van der Waals surface area contributed by atoms with Crippen molar-refractivity contribution < 1.29 is 22.7 Å². The van der Waals surface area contributed by atoms with E-state index in [0.29, 0.717) is 25.3 Å². The number of carbonyl (C=O) groups is 2. The van der Waals surface area contributed by atoms with E-state index in [9.17, 15) is 18.0 Å². The van der Waals surface area contributed by atoms with E-state index in [0.717, 1.165) is 4.90 Å². The molecule has 22 heavy (non-hydrogen) atoms. The summed E-state index contributed by atoms with van der Waals surface area (Å²) in [5.41, 5.74) is 0.404.